The summed E-state index contributed by atoms with van der Waals surface area (Å²) in [6.07, 6.45) is 4.44. The first-order chi connectivity index (χ1) is 14.7. The Hall–Kier alpha value is -3.74. The summed E-state index contributed by atoms with van der Waals surface area (Å²) in [6, 6.07) is 15.5. The largest absolute Gasteiger partial charge is 0.451 e. The highest BCUT2D eigenvalue weighted by atomic mass is 16.3. The minimum atomic E-state index is -0.470. The third-order valence-electron chi connectivity index (χ3n) is 5.37. The normalized spacial score (nSPS) is 13.6. The van der Waals surface area contributed by atoms with Crippen LogP contribution in [-0.2, 0) is 13.0 Å². The van der Waals surface area contributed by atoms with Crippen LogP contribution in [0.2, 0.25) is 0 Å². The van der Waals surface area contributed by atoms with Gasteiger partial charge in [-0.15, -0.1) is 10.2 Å². The summed E-state index contributed by atoms with van der Waals surface area (Å²) in [7, 11) is 0. The first-order valence-electron chi connectivity index (χ1n) is 10.1. The topological polar surface area (TPSA) is 90.0 Å². The van der Waals surface area contributed by atoms with Gasteiger partial charge in [0.1, 0.15) is 11.4 Å². The summed E-state index contributed by atoms with van der Waals surface area (Å²) >= 11 is 0. The Morgan fingerprint density at radius 2 is 1.83 bits per heavy atom. The molecule has 150 valence electrons. The van der Waals surface area contributed by atoms with Crippen molar-refractivity contribution in [1.29, 1.82) is 0 Å². The molecule has 0 saturated heterocycles. The predicted molar refractivity (Wildman–Crippen MR) is 113 cm³/mol. The molecule has 2 aromatic carbocycles. The SMILES string of the molecule is O=C(Nc1ccc(-c2nnc3n2CCCCC3)cc1)c1cc(=O)c2ccccc2o1. The summed E-state index contributed by atoms with van der Waals surface area (Å²) in [5.74, 6) is 1.39. The van der Waals surface area contributed by atoms with Crippen molar-refractivity contribution < 1.29 is 9.21 Å². The fraction of sp³-hybridized carbons (Fsp3) is 0.217. The lowest BCUT2D eigenvalue weighted by Gasteiger charge is -2.09. The highest BCUT2D eigenvalue weighted by Gasteiger charge is 2.16. The molecule has 0 bridgehead atoms. The van der Waals surface area contributed by atoms with Gasteiger partial charge in [-0.25, -0.2) is 0 Å². The lowest BCUT2D eigenvalue weighted by Crippen LogP contribution is -2.14. The summed E-state index contributed by atoms with van der Waals surface area (Å²) in [6.45, 7) is 0.928. The van der Waals surface area contributed by atoms with Gasteiger partial charge in [0.25, 0.3) is 5.91 Å². The predicted octanol–water partition coefficient (Wildman–Crippen LogP) is 4.03. The van der Waals surface area contributed by atoms with E-state index in [1.165, 1.54) is 12.5 Å². The van der Waals surface area contributed by atoms with Crippen molar-refractivity contribution in [3.8, 4) is 11.4 Å². The zero-order valence-corrected chi connectivity index (χ0v) is 16.3. The van der Waals surface area contributed by atoms with Crippen LogP contribution in [0, 0.1) is 0 Å². The van der Waals surface area contributed by atoms with E-state index in [0.717, 1.165) is 43.0 Å². The van der Waals surface area contributed by atoms with E-state index in [-0.39, 0.29) is 11.2 Å². The van der Waals surface area contributed by atoms with E-state index in [1.807, 2.05) is 24.3 Å². The molecule has 3 heterocycles. The first kappa shape index (κ1) is 18.3. The monoisotopic (exact) mass is 400 g/mol. The quantitative estimate of drug-likeness (QED) is 0.561. The van der Waals surface area contributed by atoms with Crippen LogP contribution in [0.5, 0.6) is 0 Å². The third kappa shape index (κ3) is 3.39. The molecule has 0 fully saturated rings. The lowest BCUT2D eigenvalue weighted by molar-refractivity contribution is 0.0997. The van der Waals surface area contributed by atoms with Gasteiger partial charge in [-0.1, -0.05) is 18.6 Å². The van der Waals surface area contributed by atoms with Gasteiger partial charge in [0, 0.05) is 30.3 Å². The molecule has 0 radical (unpaired) electrons. The molecule has 0 atom stereocenters. The molecular formula is C23H20N4O3. The molecule has 30 heavy (non-hydrogen) atoms. The molecule has 1 amide bonds. The number of aromatic nitrogens is 3. The average molecular weight is 400 g/mol. The Morgan fingerprint density at radius 3 is 2.70 bits per heavy atom. The van der Waals surface area contributed by atoms with E-state index < -0.39 is 5.91 Å². The van der Waals surface area contributed by atoms with Crippen molar-refractivity contribution in [2.75, 3.05) is 5.32 Å². The van der Waals surface area contributed by atoms with Gasteiger partial charge < -0.3 is 14.3 Å². The second kappa shape index (κ2) is 7.59. The number of benzene rings is 2. The number of hydrogen-bond donors (Lipinski definition) is 1. The summed E-state index contributed by atoms with van der Waals surface area (Å²) in [5, 5.41) is 11.9. The van der Waals surface area contributed by atoms with Gasteiger partial charge >= 0.3 is 0 Å². The van der Waals surface area contributed by atoms with Crippen LogP contribution in [-0.4, -0.2) is 20.7 Å². The van der Waals surface area contributed by atoms with Crippen molar-refractivity contribution in [1.82, 2.24) is 14.8 Å². The average Bonchev–Trinajstić information content (AvgIpc) is 3.02. The Kier molecular flexibility index (Phi) is 4.63. The molecule has 0 spiro atoms. The number of hydrogen-bond acceptors (Lipinski definition) is 5. The van der Waals surface area contributed by atoms with Crippen molar-refractivity contribution >= 4 is 22.6 Å². The Bertz CT molecular complexity index is 1290. The number of anilines is 1. The fourth-order valence-electron chi connectivity index (χ4n) is 3.81. The van der Waals surface area contributed by atoms with Gasteiger partial charge in [0.05, 0.1) is 5.39 Å². The van der Waals surface area contributed by atoms with Crippen LogP contribution < -0.4 is 10.7 Å². The molecule has 5 rings (SSSR count). The van der Waals surface area contributed by atoms with E-state index in [0.29, 0.717) is 16.7 Å². The molecular weight excluding hydrogens is 380 g/mol. The maximum Gasteiger partial charge on any atom is 0.291 e. The number of rotatable bonds is 3. The minimum Gasteiger partial charge on any atom is -0.451 e. The van der Waals surface area contributed by atoms with Crippen molar-refractivity contribution in [3.63, 3.8) is 0 Å². The molecule has 7 nitrogen and oxygen atoms in total. The van der Waals surface area contributed by atoms with Crippen LogP contribution in [0.3, 0.4) is 0 Å². The lowest BCUT2D eigenvalue weighted by atomic mass is 10.2. The molecule has 0 unspecified atom stereocenters. The first-order valence-corrected chi connectivity index (χ1v) is 10.1. The molecule has 2 aromatic heterocycles. The van der Waals surface area contributed by atoms with Crippen LogP contribution in [0.4, 0.5) is 5.69 Å². The number of para-hydroxylation sites is 1. The van der Waals surface area contributed by atoms with E-state index in [1.54, 1.807) is 24.3 Å². The second-order valence-corrected chi connectivity index (χ2v) is 7.40. The Labute approximate surface area is 172 Å². The van der Waals surface area contributed by atoms with Crippen LogP contribution in [0.1, 0.15) is 35.6 Å². The fourth-order valence-corrected chi connectivity index (χ4v) is 3.81. The zero-order chi connectivity index (χ0) is 20.5. The molecule has 1 N–H and O–H groups in total. The maximum absolute atomic E-state index is 12.6. The highest BCUT2D eigenvalue weighted by Crippen LogP contribution is 2.24. The van der Waals surface area contributed by atoms with Crippen LogP contribution >= 0.6 is 0 Å². The smallest absolute Gasteiger partial charge is 0.291 e. The summed E-state index contributed by atoms with van der Waals surface area (Å²) in [5.41, 5.74) is 1.70. The molecule has 4 aromatic rings. The summed E-state index contributed by atoms with van der Waals surface area (Å²) < 4.78 is 7.78. The van der Waals surface area contributed by atoms with Crippen molar-refractivity contribution in [3.05, 3.63) is 76.4 Å². The second-order valence-electron chi connectivity index (χ2n) is 7.40. The molecule has 0 saturated carbocycles. The number of nitrogens with one attached hydrogen (secondary N) is 1. The number of carbonyl (C=O) groups excluding carboxylic acids is 1. The minimum absolute atomic E-state index is 0.0226. The zero-order valence-electron chi connectivity index (χ0n) is 16.3. The highest BCUT2D eigenvalue weighted by molar-refractivity contribution is 6.03. The number of nitrogens with zero attached hydrogens (tertiary/aromatic N) is 3. The molecule has 1 aliphatic rings. The van der Waals surface area contributed by atoms with Crippen LogP contribution in [0.25, 0.3) is 22.4 Å². The number of fused-ring (bicyclic) bond motifs is 2. The van der Waals surface area contributed by atoms with Gasteiger partial charge in [0.15, 0.2) is 17.0 Å². The van der Waals surface area contributed by atoms with Gasteiger partial charge in [0.2, 0.25) is 0 Å². The number of aryl methyl sites for hydroxylation is 1. The number of carbonyl (C=O) groups is 1. The van der Waals surface area contributed by atoms with Gasteiger partial charge in [-0.2, -0.15) is 0 Å². The van der Waals surface area contributed by atoms with E-state index in [2.05, 4.69) is 20.1 Å². The van der Waals surface area contributed by atoms with Gasteiger partial charge in [-0.05, 0) is 49.2 Å². The summed E-state index contributed by atoms with van der Waals surface area (Å²) in [4.78, 5) is 24.8. The third-order valence-corrected chi connectivity index (χ3v) is 5.37. The maximum atomic E-state index is 12.6. The van der Waals surface area contributed by atoms with Gasteiger partial charge in [-0.3, -0.25) is 9.59 Å². The molecule has 7 heteroatoms. The number of amides is 1. The van der Waals surface area contributed by atoms with E-state index in [9.17, 15) is 9.59 Å². The Balaban J connectivity index is 1.37. The standard InChI is InChI=1S/C23H20N4O3/c28-18-14-20(30-19-7-4-3-6-17(18)19)23(29)24-16-11-9-15(10-12-16)22-26-25-21-8-2-1-5-13-27(21)22/h3-4,6-7,9-12,14H,1-2,5,8,13H2,(H,24,29). The van der Waals surface area contributed by atoms with Crippen molar-refractivity contribution in [2.45, 2.75) is 32.2 Å². The molecule has 0 aliphatic carbocycles. The molecule has 1 aliphatic heterocycles. The van der Waals surface area contributed by atoms with Crippen LogP contribution in [0.15, 0.2) is 63.8 Å². The van der Waals surface area contributed by atoms with E-state index in [4.69, 9.17) is 4.42 Å². The van der Waals surface area contributed by atoms with E-state index >= 15 is 0 Å². The van der Waals surface area contributed by atoms with Crippen molar-refractivity contribution in [2.24, 2.45) is 0 Å². The Morgan fingerprint density at radius 1 is 1.00 bits per heavy atom.